The number of hydrogen-bond donors (Lipinski definition) is 3. The number of imide groups is 1. The number of fused-ring (bicyclic) bond motifs is 2. The summed E-state index contributed by atoms with van der Waals surface area (Å²) < 4.78 is 73.6. The van der Waals surface area contributed by atoms with Crippen molar-refractivity contribution in [2.24, 2.45) is 7.05 Å². The first kappa shape index (κ1) is 43.4. The van der Waals surface area contributed by atoms with E-state index in [4.69, 9.17) is 14.5 Å². The van der Waals surface area contributed by atoms with Gasteiger partial charge >= 0.3 is 16.2 Å². The third kappa shape index (κ3) is 8.33. The number of aliphatic hydroxyl groups excluding tert-OH is 1. The monoisotopic (exact) mass is 898 g/mol. The van der Waals surface area contributed by atoms with E-state index >= 15 is 8.78 Å². The minimum Gasteiger partial charge on any atom is -0.453 e. The molecule has 17 nitrogen and oxygen atoms in total. The average molecular weight is 899 g/mol. The van der Waals surface area contributed by atoms with Crippen LogP contribution in [0, 0.1) is 23.0 Å². The van der Waals surface area contributed by atoms with Gasteiger partial charge in [0.1, 0.15) is 23.2 Å². The second-order valence-corrected chi connectivity index (χ2v) is 18.9. The molecule has 0 bridgehead atoms. The lowest BCUT2D eigenvalue weighted by Crippen LogP contribution is -2.49. The van der Waals surface area contributed by atoms with Gasteiger partial charge < -0.3 is 19.5 Å². The molecular weight excluding hydrogens is 851 g/mol. The largest absolute Gasteiger partial charge is 0.453 e. The highest BCUT2D eigenvalue weighted by Crippen LogP contribution is 2.45. The Balaban J connectivity index is 0.816. The summed E-state index contributed by atoms with van der Waals surface area (Å²) in [5.74, 6) is -1.39. The maximum absolute atomic E-state index is 15.8. The molecule has 1 spiro atoms. The van der Waals surface area contributed by atoms with Crippen molar-refractivity contribution in [2.75, 3.05) is 56.1 Å². The Morgan fingerprint density at radius 2 is 1.83 bits per heavy atom. The molecule has 3 saturated heterocycles. The van der Waals surface area contributed by atoms with Gasteiger partial charge in [-0.2, -0.15) is 23.1 Å². The van der Waals surface area contributed by atoms with E-state index < -0.39 is 34.4 Å². The van der Waals surface area contributed by atoms with Crippen molar-refractivity contribution >= 4 is 55.6 Å². The number of likely N-dealkylation sites (N-methyl/N-ethyl adjacent to an activating group) is 1. The summed E-state index contributed by atoms with van der Waals surface area (Å²) in [7, 11) is -1.12. The number of hydrogen-bond acceptors (Lipinski definition) is 12. The number of nitrogens with zero attached hydrogens (tertiary/aromatic N) is 8. The summed E-state index contributed by atoms with van der Waals surface area (Å²) in [6, 6.07) is 12.0. The second kappa shape index (κ2) is 17.3. The van der Waals surface area contributed by atoms with E-state index in [1.807, 2.05) is 12.1 Å². The predicted molar refractivity (Wildman–Crippen MR) is 231 cm³/mol. The molecule has 3 N–H and O–H groups in total. The Bertz CT molecular complexity index is 2800. The lowest BCUT2D eigenvalue weighted by atomic mass is 9.79. The van der Waals surface area contributed by atoms with Gasteiger partial charge in [0.05, 0.1) is 46.7 Å². The van der Waals surface area contributed by atoms with Gasteiger partial charge in [0.25, 0.3) is 0 Å². The highest BCUT2D eigenvalue weighted by Gasteiger charge is 2.45. The first-order valence-electron chi connectivity index (χ1n) is 21.4. The minimum absolute atomic E-state index is 0.00344. The van der Waals surface area contributed by atoms with E-state index in [1.165, 1.54) is 18.0 Å². The SMILES string of the molecule is CN(CCO)S(=O)(=O)Nc1ccc(F)c(Oc2ccc3ncc(C4COC5(CCN(C6CCC(c7cc8c(cc7F)c(N7CCC(=O)NC7=O)nn8C)CC6)CC5)C4)nc3c2)c1C#N. The van der Waals surface area contributed by atoms with Crippen LogP contribution in [0.4, 0.5) is 25.1 Å². The smallest absolute Gasteiger partial charge is 0.329 e. The maximum Gasteiger partial charge on any atom is 0.329 e. The van der Waals surface area contributed by atoms with Crippen LogP contribution < -0.4 is 19.7 Å². The highest BCUT2D eigenvalue weighted by molar-refractivity contribution is 7.90. The van der Waals surface area contributed by atoms with Crippen LogP contribution in [0.25, 0.3) is 21.9 Å². The summed E-state index contributed by atoms with van der Waals surface area (Å²) in [5.41, 5.74) is 2.43. The number of ether oxygens (including phenoxy) is 2. The van der Waals surface area contributed by atoms with Gasteiger partial charge in [-0.15, -0.1) is 0 Å². The quantitative estimate of drug-likeness (QED) is 0.149. The number of benzene rings is 3. The number of nitriles is 1. The number of amides is 3. The molecule has 3 amide bonds. The third-order valence-electron chi connectivity index (χ3n) is 13.3. The standard InChI is InChI=1S/C44H48F2N10O7S/c1-53(17-18-57)64(60,61)52-35-10-8-33(45)41(32(35)23-47)63-29-7-9-36-37(19-29)49-38(24-48-36)27-22-44(62-25-27)12-15-55(16-13-44)28-5-3-26(4-6-28)30-21-39-31(20-34(30)46)42(51-54(39)2)56-14-11-40(58)50-43(56)59/h7-10,19-21,24,26-28,52,57H,3-6,11-18,22,25H2,1-2H3,(H,50,58,59). The number of aliphatic hydroxyl groups is 1. The van der Waals surface area contributed by atoms with Crippen LogP contribution >= 0.6 is 0 Å². The number of anilines is 2. The van der Waals surface area contributed by atoms with Crippen LogP contribution in [0.1, 0.15) is 80.0 Å². The normalized spacial score (nSPS) is 21.8. The number of urea groups is 1. The Labute approximate surface area is 368 Å². The Hall–Kier alpha value is -5.85. The molecule has 4 aliphatic rings. The number of aromatic nitrogens is 4. The van der Waals surface area contributed by atoms with Crippen molar-refractivity contribution in [3.8, 4) is 17.6 Å². The molecule has 5 heterocycles. The van der Waals surface area contributed by atoms with Gasteiger partial charge in [-0.3, -0.25) is 29.4 Å². The predicted octanol–water partition coefficient (Wildman–Crippen LogP) is 5.55. The van der Waals surface area contributed by atoms with E-state index in [1.54, 1.807) is 36.1 Å². The summed E-state index contributed by atoms with van der Waals surface area (Å²) >= 11 is 0. The van der Waals surface area contributed by atoms with E-state index in [-0.39, 0.29) is 65.7 Å². The van der Waals surface area contributed by atoms with Crippen molar-refractivity contribution in [3.05, 3.63) is 77.1 Å². The number of rotatable bonds is 11. The van der Waals surface area contributed by atoms with Crippen LogP contribution in [0.3, 0.4) is 0 Å². The molecule has 1 saturated carbocycles. The van der Waals surface area contributed by atoms with E-state index in [0.717, 1.165) is 85.7 Å². The third-order valence-corrected chi connectivity index (χ3v) is 14.8. The molecule has 3 aliphatic heterocycles. The lowest BCUT2D eigenvalue weighted by Gasteiger charge is -2.44. The van der Waals surface area contributed by atoms with Gasteiger partial charge in [-0.1, -0.05) is 0 Å². The van der Waals surface area contributed by atoms with Crippen molar-refractivity contribution in [1.29, 1.82) is 5.26 Å². The van der Waals surface area contributed by atoms with Gasteiger partial charge in [-0.25, -0.2) is 18.6 Å². The summed E-state index contributed by atoms with van der Waals surface area (Å²) in [4.78, 5) is 37.7. The van der Waals surface area contributed by atoms with E-state index in [2.05, 4.69) is 25.0 Å². The molecule has 336 valence electrons. The van der Waals surface area contributed by atoms with Crippen molar-refractivity contribution < 1.29 is 41.4 Å². The molecule has 1 unspecified atom stereocenters. The molecule has 20 heteroatoms. The molecule has 2 aromatic heterocycles. The van der Waals surface area contributed by atoms with Crippen LogP contribution in [0.2, 0.25) is 0 Å². The molecule has 1 aliphatic carbocycles. The fourth-order valence-electron chi connectivity index (χ4n) is 9.70. The van der Waals surface area contributed by atoms with Crippen molar-refractivity contribution in [2.45, 2.75) is 74.8 Å². The molecule has 4 fully saturated rings. The number of halogens is 2. The van der Waals surface area contributed by atoms with Crippen LogP contribution in [-0.4, -0.2) is 112 Å². The summed E-state index contributed by atoms with van der Waals surface area (Å²) in [5, 5.41) is 26.5. The average Bonchev–Trinajstić information content (AvgIpc) is 3.84. The van der Waals surface area contributed by atoms with E-state index in [9.17, 15) is 28.4 Å². The Morgan fingerprint density at radius 1 is 1.05 bits per heavy atom. The van der Waals surface area contributed by atoms with Crippen LogP contribution in [-0.2, 0) is 26.8 Å². The first-order valence-corrected chi connectivity index (χ1v) is 22.9. The Kier molecular flexibility index (Phi) is 11.7. The maximum atomic E-state index is 15.8. The number of aryl methyl sites for hydroxylation is 1. The molecule has 3 aromatic carbocycles. The Morgan fingerprint density at radius 3 is 2.56 bits per heavy atom. The molecule has 0 radical (unpaired) electrons. The van der Waals surface area contributed by atoms with Gasteiger partial charge in [0.2, 0.25) is 5.91 Å². The second-order valence-electron chi connectivity index (χ2n) is 17.1. The fourth-order valence-corrected chi connectivity index (χ4v) is 10.6. The topological polar surface area (TPSA) is 208 Å². The zero-order valence-corrected chi connectivity index (χ0v) is 36.2. The number of piperidine rings is 1. The van der Waals surface area contributed by atoms with Gasteiger partial charge in [-0.05, 0) is 92.8 Å². The molecule has 5 aromatic rings. The van der Waals surface area contributed by atoms with Gasteiger partial charge in [0.15, 0.2) is 17.4 Å². The zero-order valence-electron chi connectivity index (χ0n) is 35.4. The van der Waals surface area contributed by atoms with Gasteiger partial charge in [0, 0.05) is 76.3 Å². The summed E-state index contributed by atoms with van der Waals surface area (Å²) in [6.07, 6.45) is 8.06. The van der Waals surface area contributed by atoms with E-state index in [0.29, 0.717) is 40.4 Å². The summed E-state index contributed by atoms with van der Waals surface area (Å²) in [6.45, 7) is 1.86. The first-order chi connectivity index (χ1) is 30.7. The van der Waals surface area contributed by atoms with Crippen molar-refractivity contribution in [3.63, 3.8) is 0 Å². The number of carbonyl (C=O) groups is 2. The number of likely N-dealkylation sites (tertiary alicyclic amines) is 1. The minimum atomic E-state index is -4.16. The number of nitrogens with one attached hydrogen (secondary N) is 2. The van der Waals surface area contributed by atoms with Crippen LogP contribution in [0.5, 0.6) is 11.5 Å². The fraction of sp³-hybridized carbons (Fsp3) is 0.455. The number of carbonyl (C=O) groups excluding carboxylic acids is 2. The lowest BCUT2D eigenvalue weighted by molar-refractivity contribution is -0.120. The van der Waals surface area contributed by atoms with Crippen LogP contribution in [0.15, 0.2) is 48.7 Å². The highest BCUT2D eigenvalue weighted by atomic mass is 32.2. The molecule has 1 atom stereocenters. The van der Waals surface area contributed by atoms with Crippen molar-refractivity contribution in [1.82, 2.24) is 34.3 Å². The molecule has 9 rings (SSSR count). The molecular formula is C44H48F2N10O7S. The zero-order chi connectivity index (χ0) is 44.9. The molecule has 64 heavy (non-hydrogen) atoms.